The summed E-state index contributed by atoms with van der Waals surface area (Å²) in [6.07, 6.45) is 6.07. The van der Waals surface area contributed by atoms with Gasteiger partial charge in [0.2, 0.25) is 0 Å². The Bertz CT molecular complexity index is 383. The molecule has 1 heteroatoms. The topological polar surface area (TPSA) is 17.1 Å². The number of hydrogen-bond donors (Lipinski definition) is 0. The van der Waals surface area contributed by atoms with Gasteiger partial charge < -0.3 is 0 Å². The summed E-state index contributed by atoms with van der Waals surface area (Å²) in [5.74, 6) is 2.60. The van der Waals surface area contributed by atoms with E-state index in [1.807, 2.05) is 32.0 Å². The fourth-order valence-corrected chi connectivity index (χ4v) is 1.24. The van der Waals surface area contributed by atoms with E-state index in [4.69, 9.17) is 6.42 Å². The zero-order valence-electron chi connectivity index (χ0n) is 8.63. The Morgan fingerprint density at radius 3 is 2.64 bits per heavy atom. The van der Waals surface area contributed by atoms with Crippen LogP contribution in [0.1, 0.15) is 34.3 Å². The molecule has 0 N–H and O–H groups in total. The highest BCUT2D eigenvalue weighted by Crippen LogP contribution is 2.12. The summed E-state index contributed by atoms with van der Waals surface area (Å²) in [6, 6.07) is 5.76. The van der Waals surface area contributed by atoms with Gasteiger partial charge >= 0.3 is 0 Å². The van der Waals surface area contributed by atoms with Gasteiger partial charge in [0.05, 0.1) is 0 Å². The van der Waals surface area contributed by atoms with Crippen molar-refractivity contribution in [2.75, 3.05) is 0 Å². The fourth-order valence-electron chi connectivity index (χ4n) is 1.24. The molecule has 1 aromatic carbocycles. The van der Waals surface area contributed by atoms with Gasteiger partial charge in [-0.15, -0.1) is 12.3 Å². The lowest BCUT2D eigenvalue weighted by Gasteiger charge is -2.03. The first-order chi connectivity index (χ1) is 6.65. The van der Waals surface area contributed by atoms with Crippen LogP contribution >= 0.6 is 0 Å². The number of rotatable bonds is 3. The molecule has 0 unspecified atom stereocenters. The number of carbonyl (C=O) groups excluding carboxylic acids is 1. The largest absolute Gasteiger partial charge is 0.294 e. The van der Waals surface area contributed by atoms with Crippen molar-refractivity contribution >= 4 is 5.78 Å². The van der Waals surface area contributed by atoms with E-state index in [0.29, 0.717) is 12.8 Å². The number of Topliss-reactive ketones (excluding diaryl/α,β-unsaturated/α-hetero) is 1. The number of carbonyl (C=O) groups is 1. The molecular weight excluding hydrogens is 172 g/mol. The first kappa shape index (κ1) is 10.5. The molecule has 72 valence electrons. The molecule has 0 fully saturated rings. The molecule has 0 aliphatic carbocycles. The number of benzene rings is 1. The average Bonchev–Trinajstić information content (AvgIpc) is 2.18. The van der Waals surface area contributed by atoms with E-state index in [-0.39, 0.29) is 5.78 Å². The normalized spacial score (nSPS) is 9.50. The second-order valence-corrected chi connectivity index (χ2v) is 3.43. The van der Waals surface area contributed by atoms with Crippen LogP contribution in [-0.2, 0) is 0 Å². The minimum absolute atomic E-state index is 0.131. The lowest BCUT2D eigenvalue weighted by atomic mass is 10.0. The summed E-state index contributed by atoms with van der Waals surface area (Å²) in [5.41, 5.74) is 3.12. The van der Waals surface area contributed by atoms with Crippen molar-refractivity contribution in [2.24, 2.45) is 0 Å². The molecule has 1 rings (SSSR count). The van der Waals surface area contributed by atoms with Crippen LogP contribution in [0.25, 0.3) is 0 Å². The van der Waals surface area contributed by atoms with Crippen molar-refractivity contribution in [3.05, 3.63) is 34.9 Å². The van der Waals surface area contributed by atoms with Gasteiger partial charge in [-0.2, -0.15) is 0 Å². The molecule has 1 aromatic rings. The fraction of sp³-hybridized carbons (Fsp3) is 0.308. The zero-order chi connectivity index (χ0) is 10.6. The maximum absolute atomic E-state index is 11.6. The minimum atomic E-state index is 0.131. The van der Waals surface area contributed by atoms with Gasteiger partial charge in [-0.3, -0.25) is 4.79 Å². The molecule has 0 spiro atoms. The molecule has 0 radical (unpaired) electrons. The van der Waals surface area contributed by atoms with Crippen LogP contribution in [-0.4, -0.2) is 5.78 Å². The summed E-state index contributed by atoms with van der Waals surface area (Å²) in [4.78, 5) is 11.6. The number of ketones is 1. The Hall–Kier alpha value is -1.55. The number of hydrogen-bond acceptors (Lipinski definition) is 1. The molecule has 0 amide bonds. The molecule has 1 nitrogen and oxygen atoms in total. The van der Waals surface area contributed by atoms with Crippen LogP contribution in [0.4, 0.5) is 0 Å². The summed E-state index contributed by atoms with van der Waals surface area (Å²) < 4.78 is 0. The first-order valence-corrected chi connectivity index (χ1v) is 4.69. The van der Waals surface area contributed by atoms with Crippen LogP contribution in [0.5, 0.6) is 0 Å². The van der Waals surface area contributed by atoms with E-state index in [9.17, 15) is 4.79 Å². The molecule has 0 aromatic heterocycles. The summed E-state index contributed by atoms with van der Waals surface area (Å²) in [5, 5.41) is 0. The van der Waals surface area contributed by atoms with Gasteiger partial charge in [0.25, 0.3) is 0 Å². The highest BCUT2D eigenvalue weighted by Gasteiger charge is 2.05. The second-order valence-electron chi connectivity index (χ2n) is 3.43. The van der Waals surface area contributed by atoms with Crippen molar-refractivity contribution in [2.45, 2.75) is 26.7 Å². The van der Waals surface area contributed by atoms with Gasteiger partial charge in [-0.1, -0.05) is 12.1 Å². The summed E-state index contributed by atoms with van der Waals surface area (Å²) >= 11 is 0. The molecule has 0 atom stereocenters. The van der Waals surface area contributed by atoms with E-state index in [2.05, 4.69) is 5.92 Å². The maximum Gasteiger partial charge on any atom is 0.163 e. The summed E-state index contributed by atoms with van der Waals surface area (Å²) in [7, 11) is 0. The van der Waals surface area contributed by atoms with Crippen molar-refractivity contribution in [1.29, 1.82) is 0 Å². The van der Waals surface area contributed by atoms with Gasteiger partial charge in [0.1, 0.15) is 0 Å². The molecule has 0 saturated carbocycles. The molecule has 0 bridgehead atoms. The van der Waals surface area contributed by atoms with Gasteiger partial charge in [0, 0.05) is 18.4 Å². The molecule has 14 heavy (non-hydrogen) atoms. The number of aryl methyl sites for hydroxylation is 2. The summed E-state index contributed by atoms with van der Waals surface area (Å²) in [6.45, 7) is 4.04. The third kappa shape index (κ3) is 2.47. The Morgan fingerprint density at radius 1 is 1.36 bits per heavy atom. The van der Waals surface area contributed by atoms with Crippen molar-refractivity contribution in [3.63, 3.8) is 0 Å². The standard InChI is InChI=1S/C13H14O/c1-4-5-6-13(14)12-8-7-10(2)11(3)9-12/h1,7-9H,5-6H2,2-3H3. The average molecular weight is 186 g/mol. The predicted molar refractivity (Wildman–Crippen MR) is 58.3 cm³/mol. The van der Waals surface area contributed by atoms with Gasteiger partial charge in [-0.25, -0.2) is 0 Å². The van der Waals surface area contributed by atoms with Crippen LogP contribution < -0.4 is 0 Å². The Kier molecular flexibility index (Phi) is 3.48. The quantitative estimate of drug-likeness (QED) is 0.524. The van der Waals surface area contributed by atoms with Gasteiger partial charge in [0.15, 0.2) is 5.78 Å². The Morgan fingerprint density at radius 2 is 2.07 bits per heavy atom. The SMILES string of the molecule is C#CCCC(=O)c1ccc(C)c(C)c1. The third-order valence-electron chi connectivity index (χ3n) is 2.33. The molecule has 0 aliphatic heterocycles. The predicted octanol–water partition coefficient (Wildman–Crippen LogP) is 2.90. The minimum Gasteiger partial charge on any atom is -0.294 e. The Labute approximate surface area is 85.1 Å². The monoisotopic (exact) mass is 186 g/mol. The molecule has 0 heterocycles. The molecule has 0 saturated heterocycles. The lowest BCUT2D eigenvalue weighted by Crippen LogP contribution is -1.99. The second kappa shape index (κ2) is 4.62. The van der Waals surface area contributed by atoms with Crippen molar-refractivity contribution < 1.29 is 4.79 Å². The van der Waals surface area contributed by atoms with E-state index in [1.165, 1.54) is 5.56 Å². The van der Waals surface area contributed by atoms with Gasteiger partial charge in [-0.05, 0) is 31.0 Å². The lowest BCUT2D eigenvalue weighted by molar-refractivity contribution is 0.0984. The van der Waals surface area contributed by atoms with E-state index < -0.39 is 0 Å². The van der Waals surface area contributed by atoms with E-state index in [1.54, 1.807) is 0 Å². The van der Waals surface area contributed by atoms with E-state index >= 15 is 0 Å². The van der Waals surface area contributed by atoms with Crippen LogP contribution in [0.3, 0.4) is 0 Å². The third-order valence-corrected chi connectivity index (χ3v) is 2.33. The molecular formula is C13H14O. The van der Waals surface area contributed by atoms with Crippen molar-refractivity contribution in [3.8, 4) is 12.3 Å². The Balaban J connectivity index is 2.82. The van der Waals surface area contributed by atoms with Crippen LogP contribution in [0.15, 0.2) is 18.2 Å². The highest BCUT2D eigenvalue weighted by molar-refractivity contribution is 5.96. The molecule has 0 aliphatic rings. The smallest absolute Gasteiger partial charge is 0.163 e. The van der Waals surface area contributed by atoms with E-state index in [0.717, 1.165) is 11.1 Å². The van der Waals surface area contributed by atoms with Crippen molar-refractivity contribution in [1.82, 2.24) is 0 Å². The van der Waals surface area contributed by atoms with Crippen LogP contribution in [0, 0.1) is 26.2 Å². The van der Waals surface area contributed by atoms with Crippen LogP contribution in [0.2, 0.25) is 0 Å². The maximum atomic E-state index is 11.6. The first-order valence-electron chi connectivity index (χ1n) is 4.69. The zero-order valence-corrected chi connectivity index (χ0v) is 8.63. The highest BCUT2D eigenvalue weighted by atomic mass is 16.1. The number of terminal acetylenes is 1.